The lowest BCUT2D eigenvalue weighted by Gasteiger charge is -2.12. The summed E-state index contributed by atoms with van der Waals surface area (Å²) in [5, 5.41) is 10.1. The fourth-order valence-electron chi connectivity index (χ4n) is 3.54. The normalized spacial score (nSPS) is 10.9. The van der Waals surface area contributed by atoms with Crippen LogP contribution < -0.4 is 16.0 Å². The van der Waals surface area contributed by atoms with Gasteiger partial charge in [-0.2, -0.15) is 0 Å². The smallest absolute Gasteiger partial charge is 0.339 e. The highest BCUT2D eigenvalue weighted by Gasteiger charge is 2.16. The van der Waals surface area contributed by atoms with Gasteiger partial charge in [0.1, 0.15) is 5.70 Å². The number of nitrogens with one attached hydrogen (secondary N) is 3. The molecule has 0 radical (unpaired) electrons. The maximum absolute atomic E-state index is 13.2. The molecule has 10 heteroatoms. The van der Waals surface area contributed by atoms with Gasteiger partial charge in [0, 0.05) is 21.0 Å². The summed E-state index contributed by atoms with van der Waals surface area (Å²) in [7, 11) is 1.28. The fourth-order valence-corrected chi connectivity index (χ4v) is 4.95. The molecule has 0 unspecified atom stereocenters. The molecule has 0 spiro atoms. The Morgan fingerprint density at radius 2 is 1.65 bits per heavy atom. The highest BCUT2D eigenvalue weighted by Crippen LogP contribution is 2.23. The number of hydrogen-bond acceptors (Lipinski definition) is 7. The average Bonchev–Trinajstić information content (AvgIpc) is 3.49. The van der Waals surface area contributed by atoms with Gasteiger partial charge in [0.15, 0.2) is 0 Å². The molecule has 8 nitrogen and oxygen atoms in total. The summed E-state index contributed by atoms with van der Waals surface area (Å²) in [6.07, 6.45) is 1.62. The molecule has 3 N–H and O–H groups in total. The molecule has 3 aromatic carbocycles. The number of esters is 1. The number of carbonyl (C=O) groups is 4. The van der Waals surface area contributed by atoms with Gasteiger partial charge in [-0.1, -0.05) is 42.5 Å². The van der Waals surface area contributed by atoms with E-state index >= 15 is 0 Å². The van der Waals surface area contributed by atoms with Crippen molar-refractivity contribution in [2.45, 2.75) is 4.90 Å². The van der Waals surface area contributed by atoms with E-state index in [9.17, 15) is 19.2 Å². The van der Waals surface area contributed by atoms with E-state index in [0.717, 1.165) is 9.77 Å². The molecule has 0 aliphatic heterocycles. The van der Waals surface area contributed by atoms with Crippen molar-refractivity contribution >= 4 is 64.2 Å². The number of amides is 3. The fraction of sp³-hybridized carbons (Fsp3) is 0.0667. The van der Waals surface area contributed by atoms with E-state index in [2.05, 4.69) is 16.0 Å². The van der Waals surface area contributed by atoms with Gasteiger partial charge in [0.2, 0.25) is 5.91 Å². The van der Waals surface area contributed by atoms with Crippen LogP contribution in [0.3, 0.4) is 0 Å². The lowest BCUT2D eigenvalue weighted by atomic mass is 10.2. The third kappa shape index (κ3) is 7.92. The van der Waals surface area contributed by atoms with Gasteiger partial charge in [-0.05, 0) is 60.0 Å². The Bertz CT molecular complexity index is 1540. The number of thioether (sulfide) groups is 1. The molecular weight excluding hydrogens is 546 g/mol. The first-order chi connectivity index (χ1) is 19.4. The molecule has 40 heavy (non-hydrogen) atoms. The van der Waals surface area contributed by atoms with Crippen molar-refractivity contribution in [3.05, 3.63) is 118 Å². The van der Waals surface area contributed by atoms with Crippen molar-refractivity contribution in [1.29, 1.82) is 0 Å². The van der Waals surface area contributed by atoms with Crippen LogP contribution in [0.5, 0.6) is 0 Å². The summed E-state index contributed by atoms with van der Waals surface area (Å²) in [4.78, 5) is 52.0. The number of benzene rings is 3. The molecule has 1 heterocycles. The Labute approximate surface area is 239 Å². The maximum atomic E-state index is 13.2. The van der Waals surface area contributed by atoms with E-state index in [-0.39, 0.29) is 22.9 Å². The lowest BCUT2D eigenvalue weighted by Crippen LogP contribution is -2.30. The molecule has 0 bridgehead atoms. The zero-order chi connectivity index (χ0) is 28.3. The molecule has 202 valence electrons. The van der Waals surface area contributed by atoms with Crippen LogP contribution in [-0.2, 0) is 14.3 Å². The molecule has 4 aromatic rings. The Hall–Kier alpha value is -4.67. The first-order valence-corrected chi connectivity index (χ1v) is 13.9. The van der Waals surface area contributed by atoms with Crippen LogP contribution in [0.15, 0.2) is 107 Å². The second-order valence-electron chi connectivity index (χ2n) is 8.25. The van der Waals surface area contributed by atoms with E-state index in [1.54, 1.807) is 72.8 Å². The first kappa shape index (κ1) is 28.3. The zero-order valence-corrected chi connectivity index (χ0v) is 23.0. The molecule has 1 aromatic heterocycles. The minimum atomic E-state index is -0.542. The van der Waals surface area contributed by atoms with Gasteiger partial charge >= 0.3 is 5.97 Å². The molecule has 0 saturated carbocycles. The summed E-state index contributed by atoms with van der Waals surface area (Å²) in [5.74, 6) is -1.66. The summed E-state index contributed by atoms with van der Waals surface area (Å²) in [6, 6.07) is 26.0. The van der Waals surface area contributed by atoms with E-state index in [0.29, 0.717) is 16.9 Å². The third-order valence-corrected chi connectivity index (χ3v) is 7.24. The average molecular weight is 572 g/mol. The van der Waals surface area contributed by atoms with Crippen molar-refractivity contribution in [2.24, 2.45) is 0 Å². The van der Waals surface area contributed by atoms with E-state index in [1.807, 2.05) is 29.6 Å². The predicted molar refractivity (Wildman–Crippen MR) is 158 cm³/mol. The Morgan fingerprint density at radius 3 is 2.40 bits per heavy atom. The van der Waals surface area contributed by atoms with Gasteiger partial charge in [-0.25, -0.2) is 4.79 Å². The van der Waals surface area contributed by atoms with Crippen molar-refractivity contribution in [2.75, 3.05) is 23.5 Å². The van der Waals surface area contributed by atoms with E-state index in [1.165, 1.54) is 30.2 Å². The largest absolute Gasteiger partial charge is 0.465 e. The van der Waals surface area contributed by atoms with Gasteiger partial charge in [-0.3, -0.25) is 14.4 Å². The van der Waals surface area contributed by atoms with Crippen molar-refractivity contribution < 1.29 is 23.9 Å². The summed E-state index contributed by atoms with van der Waals surface area (Å²) in [6.45, 7) is 0. The number of anilines is 2. The van der Waals surface area contributed by atoms with Crippen LogP contribution in [-0.4, -0.2) is 36.6 Å². The van der Waals surface area contributed by atoms with Crippen LogP contribution in [0.25, 0.3) is 6.08 Å². The highest BCUT2D eigenvalue weighted by atomic mass is 32.2. The monoisotopic (exact) mass is 571 g/mol. The minimum absolute atomic E-state index is 0.0730. The standard InChI is InChI=1S/C30H25N3O5S2/c1-38-30(37)24-14-5-6-15-25(24)32-27(34)19-40-22-12-7-11-21(17-22)31-29(36)26(18-23-13-8-16-39-23)33-28(35)20-9-3-2-4-10-20/h2-18H,19H2,1H3,(H,31,36)(H,32,34)(H,33,35)/b26-18+. The number of rotatable bonds is 10. The number of hydrogen-bond donors (Lipinski definition) is 3. The summed E-state index contributed by atoms with van der Waals surface area (Å²) >= 11 is 2.71. The molecule has 3 amide bonds. The van der Waals surface area contributed by atoms with Crippen molar-refractivity contribution in [3.63, 3.8) is 0 Å². The van der Waals surface area contributed by atoms with Crippen LogP contribution in [0, 0.1) is 0 Å². The predicted octanol–water partition coefficient (Wildman–Crippen LogP) is 5.68. The topological polar surface area (TPSA) is 114 Å². The molecule has 0 aliphatic rings. The number of para-hydroxylation sites is 1. The van der Waals surface area contributed by atoms with Crippen LogP contribution in [0.2, 0.25) is 0 Å². The lowest BCUT2D eigenvalue weighted by molar-refractivity contribution is -0.114. The van der Waals surface area contributed by atoms with E-state index in [4.69, 9.17) is 4.74 Å². The zero-order valence-electron chi connectivity index (χ0n) is 21.4. The minimum Gasteiger partial charge on any atom is -0.465 e. The van der Waals surface area contributed by atoms with E-state index < -0.39 is 17.8 Å². The van der Waals surface area contributed by atoms with Crippen LogP contribution >= 0.6 is 23.1 Å². The number of thiophene rings is 1. The first-order valence-electron chi connectivity index (χ1n) is 12.1. The maximum Gasteiger partial charge on any atom is 0.339 e. The SMILES string of the molecule is COC(=O)c1ccccc1NC(=O)CSc1cccc(NC(=O)/C(=C\c2cccs2)NC(=O)c2ccccc2)c1. The second-order valence-corrected chi connectivity index (χ2v) is 10.3. The summed E-state index contributed by atoms with van der Waals surface area (Å²) in [5.41, 5.74) is 1.65. The second kappa shape index (κ2) is 13.9. The molecule has 0 aliphatic carbocycles. The quantitative estimate of drug-likeness (QED) is 0.128. The summed E-state index contributed by atoms with van der Waals surface area (Å²) < 4.78 is 4.77. The van der Waals surface area contributed by atoms with Gasteiger partial charge < -0.3 is 20.7 Å². The Balaban J connectivity index is 1.41. The molecular formula is C30H25N3O5S2. The van der Waals surface area contributed by atoms with Gasteiger partial charge in [-0.15, -0.1) is 23.1 Å². The molecule has 0 atom stereocenters. The number of methoxy groups -OCH3 is 1. The van der Waals surface area contributed by atoms with Gasteiger partial charge in [0.25, 0.3) is 11.8 Å². The van der Waals surface area contributed by atoms with Crippen molar-refractivity contribution in [1.82, 2.24) is 5.32 Å². The third-order valence-electron chi connectivity index (χ3n) is 5.43. The Kier molecular flexibility index (Phi) is 9.87. The van der Waals surface area contributed by atoms with Crippen molar-refractivity contribution in [3.8, 4) is 0 Å². The Morgan fingerprint density at radius 1 is 0.875 bits per heavy atom. The molecule has 0 saturated heterocycles. The number of ether oxygens (including phenoxy) is 1. The van der Waals surface area contributed by atoms with Gasteiger partial charge in [0.05, 0.1) is 24.1 Å². The van der Waals surface area contributed by atoms with Crippen LogP contribution in [0.1, 0.15) is 25.6 Å². The highest BCUT2D eigenvalue weighted by molar-refractivity contribution is 8.00. The molecule has 4 rings (SSSR count). The molecule has 0 fully saturated rings. The van der Waals surface area contributed by atoms with Crippen LogP contribution in [0.4, 0.5) is 11.4 Å². The number of carbonyl (C=O) groups excluding carboxylic acids is 4.